The molecule has 1 atom stereocenters. The zero-order valence-electron chi connectivity index (χ0n) is 14.1. The molecule has 24 heavy (non-hydrogen) atoms. The topological polar surface area (TPSA) is 90.5 Å². The fourth-order valence-corrected chi connectivity index (χ4v) is 1.99. The first kappa shape index (κ1) is 19.6. The summed E-state index contributed by atoms with van der Waals surface area (Å²) >= 11 is 0. The van der Waals surface area contributed by atoms with Gasteiger partial charge < -0.3 is 16.0 Å². The summed E-state index contributed by atoms with van der Waals surface area (Å²) in [5.41, 5.74) is 0.350. The van der Waals surface area contributed by atoms with Gasteiger partial charge in [-0.2, -0.15) is 0 Å². The van der Waals surface area contributed by atoms with E-state index in [-0.39, 0.29) is 30.8 Å². The minimum absolute atomic E-state index is 0.0414. The maximum Gasteiger partial charge on any atom is 0.242 e. The van der Waals surface area contributed by atoms with E-state index in [0.29, 0.717) is 12.2 Å². The molecule has 0 heterocycles. The summed E-state index contributed by atoms with van der Waals surface area (Å²) < 4.78 is 13.0. The number of carbonyl (C=O) groups is 3. The standard InChI is InChI=1S/C16H23FN4O3/c1-4-18-16(24)11(2)19-14(22)9-21(3)10-15(23)20-13-7-5-6-12(17)8-13/h5-8,11H,4,9-10H2,1-3H3,(H,18,24)(H,19,22)(H,20,23)/t11-/m0/s1. The van der Waals surface area contributed by atoms with Gasteiger partial charge in [0.25, 0.3) is 0 Å². The number of anilines is 1. The lowest BCUT2D eigenvalue weighted by atomic mass is 10.3. The van der Waals surface area contributed by atoms with Crippen LogP contribution >= 0.6 is 0 Å². The number of amides is 3. The molecular formula is C16H23FN4O3. The minimum Gasteiger partial charge on any atom is -0.355 e. The molecule has 132 valence electrons. The second-order valence-electron chi connectivity index (χ2n) is 5.41. The molecule has 0 aliphatic carbocycles. The second-order valence-corrected chi connectivity index (χ2v) is 5.41. The summed E-state index contributed by atoms with van der Waals surface area (Å²) in [6.07, 6.45) is 0. The molecule has 3 N–H and O–H groups in total. The van der Waals surface area contributed by atoms with E-state index in [4.69, 9.17) is 0 Å². The van der Waals surface area contributed by atoms with Gasteiger partial charge in [-0.1, -0.05) is 6.07 Å². The molecule has 0 aliphatic heterocycles. The van der Waals surface area contributed by atoms with Gasteiger partial charge >= 0.3 is 0 Å². The molecule has 0 saturated carbocycles. The van der Waals surface area contributed by atoms with Gasteiger partial charge in [0.05, 0.1) is 13.1 Å². The zero-order valence-corrected chi connectivity index (χ0v) is 14.1. The van der Waals surface area contributed by atoms with Crippen LogP contribution in [0.4, 0.5) is 10.1 Å². The highest BCUT2D eigenvalue weighted by atomic mass is 19.1. The Hall–Kier alpha value is -2.48. The maximum atomic E-state index is 13.0. The first-order valence-electron chi connectivity index (χ1n) is 7.62. The number of hydrogen-bond acceptors (Lipinski definition) is 4. The third kappa shape index (κ3) is 7.19. The van der Waals surface area contributed by atoms with Gasteiger partial charge in [0.1, 0.15) is 11.9 Å². The number of likely N-dealkylation sites (N-methyl/N-ethyl adjacent to an activating group) is 2. The van der Waals surface area contributed by atoms with Gasteiger partial charge in [-0.15, -0.1) is 0 Å². The number of halogens is 1. The van der Waals surface area contributed by atoms with Gasteiger partial charge in [-0.3, -0.25) is 19.3 Å². The molecule has 0 unspecified atom stereocenters. The molecule has 8 heteroatoms. The summed E-state index contributed by atoms with van der Waals surface area (Å²) in [7, 11) is 1.60. The normalized spacial score (nSPS) is 11.7. The molecular weight excluding hydrogens is 315 g/mol. The summed E-state index contributed by atoms with van der Waals surface area (Å²) in [6.45, 7) is 3.77. The van der Waals surface area contributed by atoms with E-state index in [1.54, 1.807) is 27.0 Å². The predicted molar refractivity (Wildman–Crippen MR) is 88.8 cm³/mol. The Labute approximate surface area is 140 Å². The van der Waals surface area contributed by atoms with Crippen molar-refractivity contribution in [1.29, 1.82) is 0 Å². The average Bonchev–Trinajstić information content (AvgIpc) is 2.46. The van der Waals surface area contributed by atoms with Crippen LogP contribution in [-0.4, -0.2) is 55.3 Å². The van der Waals surface area contributed by atoms with E-state index >= 15 is 0 Å². The number of nitrogens with zero attached hydrogens (tertiary/aromatic N) is 1. The Balaban J connectivity index is 2.39. The molecule has 7 nitrogen and oxygen atoms in total. The summed E-state index contributed by atoms with van der Waals surface area (Å²) in [5, 5.41) is 7.70. The highest BCUT2D eigenvalue weighted by molar-refractivity contribution is 5.93. The smallest absolute Gasteiger partial charge is 0.242 e. The molecule has 3 amide bonds. The predicted octanol–water partition coefficient (Wildman–Crippen LogP) is 0.337. The van der Waals surface area contributed by atoms with Gasteiger partial charge in [0, 0.05) is 12.2 Å². The van der Waals surface area contributed by atoms with E-state index in [1.807, 2.05) is 0 Å². The number of hydrogen-bond donors (Lipinski definition) is 3. The van der Waals surface area contributed by atoms with Crippen molar-refractivity contribution in [2.24, 2.45) is 0 Å². The highest BCUT2D eigenvalue weighted by Crippen LogP contribution is 2.08. The van der Waals surface area contributed by atoms with Crippen molar-refractivity contribution in [1.82, 2.24) is 15.5 Å². The summed E-state index contributed by atoms with van der Waals surface area (Å²) in [6, 6.07) is 4.90. The first-order valence-corrected chi connectivity index (χ1v) is 7.62. The van der Waals surface area contributed by atoms with Gasteiger partial charge in [0.15, 0.2) is 0 Å². The molecule has 0 spiro atoms. The van der Waals surface area contributed by atoms with E-state index in [9.17, 15) is 18.8 Å². The van der Waals surface area contributed by atoms with Crippen molar-refractivity contribution in [2.75, 3.05) is 32.0 Å². The molecule has 1 rings (SSSR count). The maximum absolute atomic E-state index is 13.0. The van der Waals surface area contributed by atoms with Gasteiger partial charge in [-0.25, -0.2) is 4.39 Å². The van der Waals surface area contributed by atoms with Crippen LogP contribution in [0.3, 0.4) is 0 Å². The van der Waals surface area contributed by atoms with E-state index in [1.165, 1.54) is 23.1 Å². The number of carbonyl (C=O) groups excluding carboxylic acids is 3. The van der Waals surface area contributed by atoms with Crippen LogP contribution in [-0.2, 0) is 14.4 Å². The molecule has 1 aromatic carbocycles. The van der Waals surface area contributed by atoms with Crippen molar-refractivity contribution >= 4 is 23.4 Å². The lowest BCUT2D eigenvalue weighted by Gasteiger charge is -2.18. The van der Waals surface area contributed by atoms with E-state index < -0.39 is 11.9 Å². The number of benzene rings is 1. The van der Waals surface area contributed by atoms with Crippen LogP contribution in [0, 0.1) is 5.82 Å². The molecule has 0 aliphatic rings. The number of nitrogens with one attached hydrogen (secondary N) is 3. The van der Waals surface area contributed by atoms with Crippen LogP contribution in [0.15, 0.2) is 24.3 Å². The van der Waals surface area contributed by atoms with Crippen molar-refractivity contribution < 1.29 is 18.8 Å². The van der Waals surface area contributed by atoms with Crippen LogP contribution in [0.25, 0.3) is 0 Å². The van der Waals surface area contributed by atoms with Crippen molar-refractivity contribution in [2.45, 2.75) is 19.9 Å². The van der Waals surface area contributed by atoms with Crippen LogP contribution in [0.2, 0.25) is 0 Å². The zero-order chi connectivity index (χ0) is 18.1. The van der Waals surface area contributed by atoms with Gasteiger partial charge in [0.2, 0.25) is 17.7 Å². The summed E-state index contributed by atoms with van der Waals surface area (Å²) in [4.78, 5) is 36.7. The minimum atomic E-state index is -0.646. The van der Waals surface area contributed by atoms with Gasteiger partial charge in [-0.05, 0) is 39.1 Å². The van der Waals surface area contributed by atoms with Crippen molar-refractivity contribution in [3.8, 4) is 0 Å². The van der Waals surface area contributed by atoms with E-state index in [2.05, 4.69) is 16.0 Å². The Kier molecular flexibility index (Phi) is 7.84. The Morgan fingerprint density at radius 2 is 1.88 bits per heavy atom. The van der Waals surface area contributed by atoms with Crippen LogP contribution < -0.4 is 16.0 Å². The Bertz CT molecular complexity index is 594. The number of rotatable bonds is 8. The van der Waals surface area contributed by atoms with Crippen molar-refractivity contribution in [3.05, 3.63) is 30.1 Å². The molecule has 1 aromatic rings. The molecule has 0 saturated heterocycles. The molecule has 0 radical (unpaired) electrons. The quantitative estimate of drug-likeness (QED) is 0.637. The average molecular weight is 338 g/mol. The summed E-state index contributed by atoms with van der Waals surface area (Å²) in [5.74, 6) is -1.44. The highest BCUT2D eigenvalue weighted by Gasteiger charge is 2.16. The lowest BCUT2D eigenvalue weighted by molar-refractivity contribution is -0.129. The third-order valence-electron chi connectivity index (χ3n) is 3.06. The van der Waals surface area contributed by atoms with Crippen molar-refractivity contribution in [3.63, 3.8) is 0 Å². The molecule has 0 fully saturated rings. The third-order valence-corrected chi connectivity index (χ3v) is 3.06. The second kappa shape index (κ2) is 9.61. The Morgan fingerprint density at radius 1 is 1.21 bits per heavy atom. The fourth-order valence-electron chi connectivity index (χ4n) is 1.99. The molecule has 0 bridgehead atoms. The largest absolute Gasteiger partial charge is 0.355 e. The lowest BCUT2D eigenvalue weighted by Crippen LogP contribution is -2.48. The Morgan fingerprint density at radius 3 is 2.50 bits per heavy atom. The molecule has 0 aromatic heterocycles. The fraction of sp³-hybridized carbons (Fsp3) is 0.438. The SMILES string of the molecule is CCNC(=O)[C@H](C)NC(=O)CN(C)CC(=O)Nc1cccc(F)c1. The first-order chi connectivity index (χ1) is 11.3. The van der Waals surface area contributed by atoms with E-state index in [0.717, 1.165) is 0 Å². The van der Waals surface area contributed by atoms with Crippen LogP contribution in [0.1, 0.15) is 13.8 Å². The van der Waals surface area contributed by atoms with Crippen LogP contribution in [0.5, 0.6) is 0 Å². The monoisotopic (exact) mass is 338 g/mol.